The first-order valence-corrected chi connectivity index (χ1v) is 12.7. The molecule has 0 unspecified atom stereocenters. The van der Waals surface area contributed by atoms with E-state index in [1.165, 1.54) is 13.3 Å². The molecule has 3 aromatic heterocycles. The maximum absolute atomic E-state index is 13.9. The first-order chi connectivity index (χ1) is 18.3. The number of fused-ring (bicyclic) bond motifs is 1. The number of benzene rings is 1. The number of aromatic nitrogens is 4. The third-order valence-corrected chi connectivity index (χ3v) is 7.76. The molecule has 1 aromatic carbocycles. The third-order valence-electron chi connectivity index (χ3n) is 7.10. The van der Waals surface area contributed by atoms with Gasteiger partial charge in [-0.2, -0.15) is 9.49 Å². The van der Waals surface area contributed by atoms with E-state index in [2.05, 4.69) is 25.1 Å². The lowest BCUT2D eigenvalue weighted by molar-refractivity contribution is -0.0153. The quantitative estimate of drug-likeness (QED) is 0.324. The topological polar surface area (TPSA) is 96.5 Å². The van der Waals surface area contributed by atoms with Crippen LogP contribution in [0, 0.1) is 11.4 Å². The molecule has 0 radical (unpaired) electrons. The van der Waals surface area contributed by atoms with E-state index in [0.717, 1.165) is 41.1 Å². The number of carbonyl (C=O) groups is 1. The number of nitrogens with one attached hydrogen (secondary N) is 1. The first-order valence-electron chi connectivity index (χ1n) is 12.0. The van der Waals surface area contributed by atoms with Crippen molar-refractivity contribution < 1.29 is 18.7 Å². The van der Waals surface area contributed by atoms with Crippen molar-refractivity contribution in [3.63, 3.8) is 0 Å². The number of carbonyl (C=O) groups excluding carboxylic acids is 1. The number of nitrogens with zero attached hydrogens (tertiary/aromatic N) is 5. The Morgan fingerprint density at radius 2 is 1.92 bits per heavy atom. The molecule has 2 fully saturated rings. The number of amides is 1. The Bertz CT molecular complexity index is 1530. The van der Waals surface area contributed by atoms with Gasteiger partial charge in [-0.25, -0.2) is 14.8 Å². The van der Waals surface area contributed by atoms with Crippen molar-refractivity contribution in [2.75, 3.05) is 38.2 Å². The second kappa shape index (κ2) is 9.28. The Morgan fingerprint density at radius 1 is 1.13 bits per heavy atom. The van der Waals surface area contributed by atoms with Gasteiger partial charge in [-0.05, 0) is 37.3 Å². The summed E-state index contributed by atoms with van der Waals surface area (Å²) in [6.07, 6.45) is 2.13. The van der Waals surface area contributed by atoms with Crippen molar-refractivity contribution >= 4 is 46.0 Å². The number of hydrogen-bond acceptors (Lipinski definition) is 7. The minimum atomic E-state index is -0.797. The number of aromatic amines is 1. The van der Waals surface area contributed by atoms with E-state index < -0.39 is 12.1 Å². The van der Waals surface area contributed by atoms with Crippen LogP contribution in [-0.4, -0.2) is 64.4 Å². The monoisotopic (exact) mass is 556 g/mol. The molecule has 0 saturated carbocycles. The van der Waals surface area contributed by atoms with Crippen molar-refractivity contribution in [3.05, 3.63) is 64.3 Å². The minimum Gasteiger partial charge on any atom is -0.486 e. The largest absolute Gasteiger partial charge is 0.486 e. The van der Waals surface area contributed by atoms with Crippen LogP contribution in [0.2, 0.25) is 10.0 Å². The number of methoxy groups -OCH3 is 1. The Labute approximate surface area is 227 Å². The van der Waals surface area contributed by atoms with Crippen LogP contribution in [0.1, 0.15) is 18.6 Å². The van der Waals surface area contributed by atoms with E-state index in [1.807, 2.05) is 24.3 Å². The van der Waals surface area contributed by atoms with Gasteiger partial charge in [0.05, 0.1) is 17.6 Å². The van der Waals surface area contributed by atoms with Gasteiger partial charge in [-0.15, -0.1) is 0 Å². The lowest BCUT2D eigenvalue weighted by Gasteiger charge is -2.59. The van der Waals surface area contributed by atoms with Gasteiger partial charge >= 0.3 is 6.09 Å². The molecular weight excluding hydrogens is 534 g/mol. The van der Waals surface area contributed by atoms with Crippen molar-refractivity contribution in [2.24, 2.45) is 5.41 Å². The van der Waals surface area contributed by atoms with Gasteiger partial charge in [0, 0.05) is 60.5 Å². The van der Waals surface area contributed by atoms with Gasteiger partial charge in [-0.3, -0.25) is 5.10 Å². The Hall–Kier alpha value is -3.63. The van der Waals surface area contributed by atoms with Crippen LogP contribution in [0.15, 0.2) is 42.7 Å². The van der Waals surface area contributed by atoms with E-state index in [9.17, 15) is 9.18 Å². The number of anilines is 1. The number of hydrogen-bond donors (Lipinski definition) is 1. The molecule has 4 aromatic rings. The summed E-state index contributed by atoms with van der Waals surface area (Å²) in [6, 6.07) is 9.48. The number of likely N-dealkylation sites (tertiary alicyclic amines) is 1. The molecule has 9 nitrogen and oxygen atoms in total. The molecule has 0 aliphatic carbocycles. The summed E-state index contributed by atoms with van der Waals surface area (Å²) in [7, 11) is 1.40. The zero-order valence-corrected chi connectivity index (χ0v) is 22.1. The van der Waals surface area contributed by atoms with E-state index in [-0.39, 0.29) is 21.6 Å². The van der Waals surface area contributed by atoms with Gasteiger partial charge < -0.3 is 19.3 Å². The predicted octanol–water partition coefficient (Wildman–Crippen LogP) is 5.49. The lowest BCUT2D eigenvalue weighted by Crippen LogP contribution is -2.73. The van der Waals surface area contributed by atoms with Gasteiger partial charge in [0.25, 0.3) is 0 Å². The van der Waals surface area contributed by atoms with Crippen molar-refractivity contribution in [2.45, 2.75) is 13.0 Å². The first kappa shape index (κ1) is 24.7. The van der Waals surface area contributed by atoms with E-state index in [0.29, 0.717) is 24.4 Å². The number of H-pyrrole nitrogens is 1. The summed E-state index contributed by atoms with van der Waals surface area (Å²) in [5.74, 6) is 0.634. The molecule has 5 heterocycles. The van der Waals surface area contributed by atoms with E-state index in [4.69, 9.17) is 32.7 Å². The standard InChI is InChI=1S/C26H23Cl2FN6O3/c1-14(21-18(27)9-31-24(29)22(21)28)38-16-4-5-19-17(7-16)23(33-32-19)15-3-6-20(30-8-15)34-10-26(11-34)12-35(13-26)25(36)37-2/h3-9,14H,10-13H2,1-2H3,(H,32,33)/t14-/m1/s1. The molecule has 6 rings (SSSR count). The number of ether oxygens (including phenoxy) is 2. The Balaban J connectivity index is 1.17. The number of pyridine rings is 2. The zero-order chi connectivity index (χ0) is 26.6. The second-order valence-corrected chi connectivity index (χ2v) is 10.5. The highest BCUT2D eigenvalue weighted by Crippen LogP contribution is 2.42. The Kier molecular flexibility index (Phi) is 6.03. The van der Waals surface area contributed by atoms with Crippen LogP contribution in [0.5, 0.6) is 5.75 Å². The van der Waals surface area contributed by atoms with E-state index >= 15 is 0 Å². The fourth-order valence-corrected chi connectivity index (χ4v) is 5.89. The third kappa shape index (κ3) is 4.17. The van der Waals surface area contributed by atoms with Crippen LogP contribution < -0.4 is 9.64 Å². The highest BCUT2D eigenvalue weighted by Gasteiger charge is 2.53. The van der Waals surface area contributed by atoms with Gasteiger partial charge in [0.15, 0.2) is 0 Å². The van der Waals surface area contributed by atoms with Crippen molar-refractivity contribution in [1.29, 1.82) is 0 Å². The molecule has 2 aliphatic rings. The molecule has 1 amide bonds. The maximum Gasteiger partial charge on any atom is 0.409 e. The average molecular weight is 557 g/mol. The van der Waals surface area contributed by atoms with Crippen LogP contribution in [-0.2, 0) is 4.74 Å². The van der Waals surface area contributed by atoms with Crippen LogP contribution >= 0.6 is 23.2 Å². The highest BCUT2D eigenvalue weighted by molar-refractivity contribution is 6.35. The molecule has 12 heteroatoms. The second-order valence-electron chi connectivity index (χ2n) is 9.75. The van der Waals surface area contributed by atoms with Gasteiger partial charge in [0.1, 0.15) is 28.4 Å². The van der Waals surface area contributed by atoms with Gasteiger partial charge in [0.2, 0.25) is 5.95 Å². The SMILES string of the molecule is COC(=O)N1CC2(C1)CN(c1ccc(-c3n[nH]c4ccc(O[C@H](C)c5c(Cl)cnc(F)c5Cl)cc34)cn1)C2. The molecule has 2 saturated heterocycles. The van der Waals surface area contributed by atoms with Gasteiger partial charge in [-0.1, -0.05) is 23.2 Å². The minimum absolute atomic E-state index is 0.136. The fourth-order valence-electron chi connectivity index (χ4n) is 5.24. The summed E-state index contributed by atoms with van der Waals surface area (Å²) in [5.41, 5.74) is 2.89. The fraction of sp³-hybridized carbons (Fsp3) is 0.308. The molecule has 0 bridgehead atoms. The highest BCUT2D eigenvalue weighted by atomic mass is 35.5. The van der Waals surface area contributed by atoms with Crippen LogP contribution in [0.4, 0.5) is 15.0 Å². The molecule has 1 spiro atoms. The molecular formula is C26H23Cl2FN6O3. The Morgan fingerprint density at radius 3 is 2.63 bits per heavy atom. The maximum atomic E-state index is 13.9. The van der Waals surface area contributed by atoms with E-state index in [1.54, 1.807) is 24.1 Å². The molecule has 196 valence electrons. The van der Waals surface area contributed by atoms with Crippen molar-refractivity contribution in [3.8, 4) is 17.0 Å². The number of halogens is 3. The average Bonchev–Trinajstić information content (AvgIpc) is 3.28. The zero-order valence-electron chi connectivity index (χ0n) is 20.5. The predicted molar refractivity (Wildman–Crippen MR) is 141 cm³/mol. The summed E-state index contributed by atoms with van der Waals surface area (Å²) in [6.45, 7) is 4.88. The summed E-state index contributed by atoms with van der Waals surface area (Å²) >= 11 is 12.3. The lowest BCUT2D eigenvalue weighted by atomic mass is 9.73. The van der Waals surface area contributed by atoms with Crippen LogP contribution in [0.25, 0.3) is 22.2 Å². The smallest absolute Gasteiger partial charge is 0.409 e. The molecule has 1 N–H and O–H groups in total. The van der Waals surface area contributed by atoms with Crippen molar-refractivity contribution in [1.82, 2.24) is 25.1 Å². The molecule has 2 aliphatic heterocycles. The summed E-state index contributed by atoms with van der Waals surface area (Å²) in [5, 5.41) is 8.45. The molecule has 38 heavy (non-hydrogen) atoms. The normalized spacial score (nSPS) is 16.8. The molecule has 1 atom stereocenters. The summed E-state index contributed by atoms with van der Waals surface area (Å²) in [4.78, 5) is 23.7. The summed E-state index contributed by atoms with van der Waals surface area (Å²) < 4.78 is 24.7. The van der Waals surface area contributed by atoms with Crippen LogP contribution in [0.3, 0.4) is 0 Å². The number of rotatable bonds is 5.